The molecule has 6 heteroatoms. The number of sulfonamides is 1. The van der Waals surface area contributed by atoms with E-state index < -0.39 is 15.9 Å². The van der Waals surface area contributed by atoms with E-state index in [0.717, 1.165) is 0 Å². The summed E-state index contributed by atoms with van der Waals surface area (Å²) >= 11 is 0. The molecule has 1 amide bonds. The highest BCUT2D eigenvalue weighted by Gasteiger charge is 2.35. The van der Waals surface area contributed by atoms with Gasteiger partial charge in [0.15, 0.2) is 0 Å². The lowest BCUT2D eigenvalue weighted by molar-refractivity contribution is 0.0981. The van der Waals surface area contributed by atoms with Crippen LogP contribution in [-0.2, 0) is 10.0 Å². The second-order valence-electron chi connectivity index (χ2n) is 3.00. The number of rotatable bonds is 2. The van der Waals surface area contributed by atoms with Crippen LogP contribution in [0.15, 0.2) is 23.1 Å². The fourth-order valence-electron chi connectivity index (χ4n) is 1.46. The van der Waals surface area contributed by atoms with Crippen LogP contribution < -0.4 is 9.46 Å². The van der Waals surface area contributed by atoms with E-state index in [0.29, 0.717) is 12.4 Å². The first kappa shape index (κ1) is 9.97. The van der Waals surface area contributed by atoms with Crippen molar-refractivity contribution >= 4 is 15.9 Å². The molecule has 5 nitrogen and oxygen atoms in total. The topological polar surface area (TPSA) is 72.5 Å². The summed E-state index contributed by atoms with van der Waals surface area (Å²) in [6, 6.07) is 4.50. The maximum absolute atomic E-state index is 11.4. The summed E-state index contributed by atoms with van der Waals surface area (Å²) < 4.78 is 30.0. The number of hydrogen-bond acceptors (Lipinski definition) is 4. The predicted octanol–water partition coefficient (Wildman–Crippen LogP) is 0.517. The SMILES string of the molecule is CCOc1cccc2c1C(=O)NS2(=O)=O. The Balaban J connectivity index is 2.67. The number of nitrogens with one attached hydrogen (secondary N) is 1. The van der Waals surface area contributed by atoms with Gasteiger partial charge < -0.3 is 4.74 Å². The minimum atomic E-state index is -3.68. The molecular formula is C9H9NO4S. The monoisotopic (exact) mass is 227 g/mol. The zero-order valence-corrected chi connectivity index (χ0v) is 8.80. The first-order valence-corrected chi connectivity index (χ1v) is 5.87. The average molecular weight is 227 g/mol. The number of amides is 1. The number of carbonyl (C=O) groups excluding carboxylic acids is 1. The quantitative estimate of drug-likeness (QED) is 0.799. The van der Waals surface area contributed by atoms with Crippen LogP contribution in [0, 0.1) is 0 Å². The lowest BCUT2D eigenvalue weighted by atomic mass is 10.2. The second kappa shape index (κ2) is 3.23. The number of hydrogen-bond donors (Lipinski definition) is 1. The smallest absolute Gasteiger partial charge is 0.270 e. The molecule has 0 saturated carbocycles. The van der Waals surface area contributed by atoms with Crippen molar-refractivity contribution in [2.45, 2.75) is 11.8 Å². The van der Waals surface area contributed by atoms with Crippen molar-refractivity contribution in [2.24, 2.45) is 0 Å². The highest BCUT2D eigenvalue weighted by molar-refractivity contribution is 7.90. The standard InChI is InChI=1S/C9H9NO4S/c1-2-14-6-4-3-5-7-8(6)9(11)10-15(7,12)13/h3-5H,2H2,1H3,(H,10,11). The molecule has 15 heavy (non-hydrogen) atoms. The molecule has 0 fully saturated rings. The molecule has 0 radical (unpaired) electrons. The summed E-state index contributed by atoms with van der Waals surface area (Å²) in [6.07, 6.45) is 0. The Hall–Kier alpha value is -1.56. The van der Waals surface area contributed by atoms with Crippen LogP contribution in [-0.4, -0.2) is 20.9 Å². The van der Waals surface area contributed by atoms with Gasteiger partial charge in [-0.2, -0.15) is 0 Å². The molecule has 0 atom stereocenters. The Labute approximate surface area is 87.1 Å². The molecule has 0 saturated heterocycles. The highest BCUT2D eigenvalue weighted by atomic mass is 32.2. The fourth-order valence-corrected chi connectivity index (χ4v) is 2.64. The van der Waals surface area contributed by atoms with E-state index in [4.69, 9.17) is 4.74 Å². The van der Waals surface area contributed by atoms with Crippen LogP contribution in [0.5, 0.6) is 5.75 Å². The Morgan fingerprint density at radius 2 is 2.13 bits per heavy atom. The highest BCUT2D eigenvalue weighted by Crippen LogP contribution is 2.30. The van der Waals surface area contributed by atoms with E-state index in [9.17, 15) is 13.2 Å². The Bertz CT molecular complexity index is 521. The third kappa shape index (κ3) is 1.46. The van der Waals surface area contributed by atoms with Gasteiger partial charge in [0.05, 0.1) is 6.61 Å². The van der Waals surface area contributed by atoms with Gasteiger partial charge >= 0.3 is 0 Å². The maximum atomic E-state index is 11.4. The molecule has 1 aliphatic rings. The molecule has 1 aromatic carbocycles. The molecule has 0 aromatic heterocycles. The molecule has 1 heterocycles. The molecule has 2 rings (SSSR count). The fraction of sp³-hybridized carbons (Fsp3) is 0.222. The summed E-state index contributed by atoms with van der Waals surface area (Å²) in [5.41, 5.74) is 0.0966. The van der Waals surface area contributed by atoms with Gasteiger partial charge in [0.2, 0.25) is 0 Å². The van der Waals surface area contributed by atoms with E-state index in [1.807, 2.05) is 4.72 Å². The van der Waals surface area contributed by atoms with Crippen LogP contribution in [0.1, 0.15) is 17.3 Å². The summed E-state index contributed by atoms with van der Waals surface area (Å²) in [6.45, 7) is 2.14. The first-order valence-electron chi connectivity index (χ1n) is 4.39. The van der Waals surface area contributed by atoms with E-state index in [2.05, 4.69) is 0 Å². The van der Waals surface area contributed by atoms with E-state index in [1.54, 1.807) is 19.1 Å². The lowest BCUT2D eigenvalue weighted by Gasteiger charge is -2.05. The third-order valence-electron chi connectivity index (χ3n) is 2.03. The van der Waals surface area contributed by atoms with Crippen molar-refractivity contribution in [3.05, 3.63) is 23.8 Å². The van der Waals surface area contributed by atoms with Gasteiger partial charge in [-0.1, -0.05) is 6.07 Å². The molecular weight excluding hydrogens is 218 g/mol. The summed E-state index contributed by atoms with van der Waals surface area (Å²) in [7, 11) is -3.68. The Morgan fingerprint density at radius 3 is 2.80 bits per heavy atom. The van der Waals surface area contributed by atoms with Crippen molar-refractivity contribution in [1.82, 2.24) is 4.72 Å². The molecule has 1 N–H and O–H groups in total. The number of benzene rings is 1. The molecule has 0 spiro atoms. The van der Waals surface area contributed by atoms with Crippen molar-refractivity contribution in [1.29, 1.82) is 0 Å². The summed E-state index contributed by atoms with van der Waals surface area (Å²) in [4.78, 5) is 11.4. The van der Waals surface area contributed by atoms with Gasteiger partial charge in [0, 0.05) is 0 Å². The van der Waals surface area contributed by atoms with Gasteiger partial charge in [-0.3, -0.25) is 4.79 Å². The van der Waals surface area contributed by atoms with Crippen molar-refractivity contribution in [3.8, 4) is 5.75 Å². The van der Waals surface area contributed by atoms with E-state index in [-0.39, 0.29) is 10.5 Å². The molecule has 0 bridgehead atoms. The Kier molecular flexibility index (Phi) is 2.15. The van der Waals surface area contributed by atoms with Crippen LogP contribution in [0.25, 0.3) is 0 Å². The van der Waals surface area contributed by atoms with Gasteiger partial charge in [-0.15, -0.1) is 0 Å². The maximum Gasteiger partial charge on any atom is 0.270 e. The lowest BCUT2D eigenvalue weighted by Crippen LogP contribution is -2.20. The Morgan fingerprint density at radius 1 is 1.40 bits per heavy atom. The average Bonchev–Trinajstić information content (AvgIpc) is 2.39. The molecule has 0 aliphatic carbocycles. The number of carbonyl (C=O) groups is 1. The van der Waals surface area contributed by atoms with Crippen LogP contribution in [0.3, 0.4) is 0 Å². The summed E-state index contributed by atoms with van der Waals surface area (Å²) in [5.74, 6) is -0.331. The first-order chi connectivity index (χ1) is 7.06. The second-order valence-corrected chi connectivity index (χ2v) is 4.65. The van der Waals surface area contributed by atoms with Crippen LogP contribution in [0.4, 0.5) is 0 Å². The minimum absolute atomic E-state index is 0.0153. The third-order valence-corrected chi connectivity index (χ3v) is 3.40. The van der Waals surface area contributed by atoms with E-state index >= 15 is 0 Å². The van der Waals surface area contributed by atoms with Gasteiger partial charge in [-0.25, -0.2) is 13.1 Å². The molecule has 80 valence electrons. The van der Waals surface area contributed by atoms with Gasteiger partial charge in [-0.05, 0) is 19.1 Å². The number of fused-ring (bicyclic) bond motifs is 1. The van der Waals surface area contributed by atoms with Crippen molar-refractivity contribution in [2.75, 3.05) is 6.61 Å². The normalized spacial score (nSPS) is 17.0. The predicted molar refractivity (Wildman–Crippen MR) is 52.3 cm³/mol. The zero-order chi connectivity index (χ0) is 11.1. The largest absolute Gasteiger partial charge is 0.493 e. The summed E-state index contributed by atoms with van der Waals surface area (Å²) in [5, 5.41) is 0. The molecule has 1 aliphatic heterocycles. The minimum Gasteiger partial charge on any atom is -0.493 e. The van der Waals surface area contributed by atoms with E-state index in [1.165, 1.54) is 6.07 Å². The van der Waals surface area contributed by atoms with Crippen LogP contribution in [0.2, 0.25) is 0 Å². The van der Waals surface area contributed by atoms with Crippen molar-refractivity contribution < 1.29 is 17.9 Å². The molecule has 0 unspecified atom stereocenters. The molecule has 1 aromatic rings. The number of ether oxygens (including phenoxy) is 1. The van der Waals surface area contributed by atoms with Gasteiger partial charge in [0.1, 0.15) is 16.2 Å². The van der Waals surface area contributed by atoms with Crippen LogP contribution >= 0.6 is 0 Å². The van der Waals surface area contributed by atoms with Gasteiger partial charge in [0.25, 0.3) is 15.9 Å². The van der Waals surface area contributed by atoms with Crippen molar-refractivity contribution in [3.63, 3.8) is 0 Å². The zero-order valence-electron chi connectivity index (χ0n) is 7.98.